The third-order valence-electron chi connectivity index (χ3n) is 3.25. The second-order valence-corrected chi connectivity index (χ2v) is 5.92. The molecule has 2 heterocycles. The van der Waals surface area contributed by atoms with E-state index in [4.69, 9.17) is 16.3 Å². The molecule has 21 heavy (non-hydrogen) atoms. The van der Waals surface area contributed by atoms with Gasteiger partial charge in [-0.15, -0.1) is 5.10 Å². The highest BCUT2D eigenvalue weighted by Gasteiger charge is 2.30. The van der Waals surface area contributed by atoms with Gasteiger partial charge in [0.2, 0.25) is 0 Å². The van der Waals surface area contributed by atoms with Gasteiger partial charge < -0.3 is 15.0 Å². The lowest BCUT2D eigenvalue weighted by Crippen LogP contribution is -2.48. The van der Waals surface area contributed by atoms with Crippen LogP contribution < -0.4 is 15.0 Å². The van der Waals surface area contributed by atoms with Crippen LogP contribution in [0.4, 0.5) is 5.69 Å². The van der Waals surface area contributed by atoms with Gasteiger partial charge in [-0.3, -0.25) is 4.79 Å². The van der Waals surface area contributed by atoms with Crippen LogP contribution in [0.1, 0.15) is 5.69 Å². The first-order chi connectivity index (χ1) is 10.2. The number of hydrogen-bond acceptors (Lipinski definition) is 6. The number of para-hydroxylation sites is 2. The largest absolute Gasteiger partial charge is 0.477 e. The summed E-state index contributed by atoms with van der Waals surface area (Å²) >= 11 is 7.22. The Balaban J connectivity index is 1.90. The van der Waals surface area contributed by atoms with Crippen LogP contribution in [0.5, 0.6) is 5.75 Å². The smallest absolute Gasteiger partial charge is 0.262 e. The molecule has 0 radical (unpaired) electrons. The number of hydrogen-bond donors (Lipinski definition) is 1. The van der Waals surface area contributed by atoms with Crippen molar-refractivity contribution in [3.8, 4) is 5.75 Å². The van der Waals surface area contributed by atoms with Crippen molar-refractivity contribution in [2.75, 3.05) is 18.5 Å². The molecule has 0 bridgehead atoms. The lowest BCUT2D eigenvalue weighted by atomic mass is 10.1. The average Bonchev–Trinajstić information content (AvgIpc) is 2.91. The Morgan fingerprint density at radius 3 is 3.10 bits per heavy atom. The predicted octanol–water partition coefficient (Wildman–Crippen LogP) is 1.71. The van der Waals surface area contributed by atoms with Crippen LogP contribution in [-0.2, 0) is 11.3 Å². The summed E-state index contributed by atoms with van der Waals surface area (Å²) in [6.45, 7) is 0.924. The topological polar surface area (TPSA) is 67.4 Å². The van der Waals surface area contributed by atoms with Crippen LogP contribution in [0, 0.1) is 0 Å². The molecular formula is C13H13ClN4O2S. The Morgan fingerprint density at radius 1 is 1.57 bits per heavy atom. The molecule has 3 rings (SSSR count). The maximum atomic E-state index is 11.9. The fourth-order valence-corrected chi connectivity index (χ4v) is 2.84. The number of rotatable bonds is 3. The third-order valence-corrected chi connectivity index (χ3v) is 4.23. The molecule has 1 aliphatic heterocycles. The second-order valence-electron chi connectivity index (χ2n) is 4.56. The van der Waals surface area contributed by atoms with E-state index in [2.05, 4.69) is 14.9 Å². The highest BCUT2D eigenvalue weighted by atomic mass is 35.5. The van der Waals surface area contributed by atoms with Crippen LogP contribution in [0.2, 0.25) is 4.34 Å². The van der Waals surface area contributed by atoms with Crippen molar-refractivity contribution in [3.05, 3.63) is 34.3 Å². The van der Waals surface area contributed by atoms with E-state index in [1.54, 1.807) is 7.05 Å². The van der Waals surface area contributed by atoms with E-state index in [1.165, 1.54) is 0 Å². The SMILES string of the molecule is CNC(=O)[C@H]1CN(Cc2nnsc2Cl)c2ccccc2O1. The first kappa shape index (κ1) is 14.1. The molecule has 0 saturated heterocycles. The van der Waals surface area contributed by atoms with E-state index in [9.17, 15) is 4.79 Å². The van der Waals surface area contributed by atoms with Gasteiger partial charge in [0.25, 0.3) is 5.91 Å². The summed E-state index contributed by atoms with van der Waals surface area (Å²) < 4.78 is 10.1. The van der Waals surface area contributed by atoms with Crippen molar-refractivity contribution in [1.82, 2.24) is 14.9 Å². The van der Waals surface area contributed by atoms with Crippen LogP contribution in [0.15, 0.2) is 24.3 Å². The predicted molar refractivity (Wildman–Crippen MR) is 80.9 cm³/mol. The summed E-state index contributed by atoms with van der Waals surface area (Å²) in [6.07, 6.45) is -0.560. The molecule has 0 fully saturated rings. The van der Waals surface area contributed by atoms with Crippen molar-refractivity contribution in [2.45, 2.75) is 12.6 Å². The minimum absolute atomic E-state index is 0.156. The van der Waals surface area contributed by atoms with E-state index >= 15 is 0 Å². The van der Waals surface area contributed by atoms with E-state index < -0.39 is 6.10 Å². The molecule has 1 N–H and O–H groups in total. The zero-order valence-electron chi connectivity index (χ0n) is 11.2. The highest BCUT2D eigenvalue weighted by molar-refractivity contribution is 7.10. The molecule has 0 spiro atoms. The number of nitrogens with one attached hydrogen (secondary N) is 1. The van der Waals surface area contributed by atoms with Gasteiger partial charge in [-0.1, -0.05) is 28.2 Å². The maximum absolute atomic E-state index is 11.9. The molecule has 1 atom stereocenters. The molecule has 6 nitrogen and oxygen atoms in total. The highest BCUT2D eigenvalue weighted by Crippen LogP contribution is 2.34. The Morgan fingerprint density at radius 2 is 2.38 bits per heavy atom. The molecule has 0 unspecified atom stereocenters. The minimum Gasteiger partial charge on any atom is -0.477 e. The molecule has 8 heteroatoms. The van der Waals surface area contributed by atoms with Gasteiger partial charge in [0.05, 0.1) is 18.8 Å². The number of ether oxygens (including phenoxy) is 1. The van der Waals surface area contributed by atoms with Gasteiger partial charge >= 0.3 is 0 Å². The number of likely N-dealkylation sites (N-methyl/N-ethyl adjacent to an activating group) is 1. The molecule has 1 aromatic heterocycles. The molecule has 1 aromatic carbocycles. The van der Waals surface area contributed by atoms with Gasteiger partial charge in [-0.05, 0) is 12.1 Å². The first-order valence-corrected chi connectivity index (χ1v) is 7.53. The summed E-state index contributed by atoms with van der Waals surface area (Å²) in [7, 11) is 1.60. The number of aromatic nitrogens is 2. The zero-order valence-corrected chi connectivity index (χ0v) is 12.8. The molecule has 110 valence electrons. The number of fused-ring (bicyclic) bond motifs is 1. The number of benzene rings is 1. The van der Waals surface area contributed by atoms with Crippen molar-refractivity contribution < 1.29 is 9.53 Å². The lowest BCUT2D eigenvalue weighted by Gasteiger charge is -2.35. The van der Waals surface area contributed by atoms with Gasteiger partial charge in [-0.2, -0.15) is 0 Å². The molecule has 0 saturated carbocycles. The molecular weight excluding hydrogens is 312 g/mol. The molecule has 0 aliphatic carbocycles. The third kappa shape index (κ3) is 2.79. The van der Waals surface area contributed by atoms with Crippen molar-refractivity contribution in [3.63, 3.8) is 0 Å². The fourth-order valence-electron chi connectivity index (χ4n) is 2.23. The van der Waals surface area contributed by atoms with Crippen molar-refractivity contribution in [1.29, 1.82) is 0 Å². The van der Waals surface area contributed by atoms with Crippen molar-refractivity contribution >= 4 is 34.7 Å². The first-order valence-electron chi connectivity index (χ1n) is 6.38. The summed E-state index contributed by atoms with van der Waals surface area (Å²) in [4.78, 5) is 13.9. The number of anilines is 1. The van der Waals surface area contributed by atoms with Gasteiger partial charge in [-0.25, -0.2) is 0 Å². The summed E-state index contributed by atoms with van der Waals surface area (Å²) in [5, 5.41) is 6.64. The van der Waals surface area contributed by atoms with Gasteiger partial charge in [0, 0.05) is 18.6 Å². The minimum atomic E-state index is -0.560. The van der Waals surface area contributed by atoms with Crippen LogP contribution in [0.3, 0.4) is 0 Å². The number of carbonyl (C=O) groups is 1. The Labute approximate surface area is 130 Å². The normalized spacial score (nSPS) is 17.0. The number of halogens is 1. The monoisotopic (exact) mass is 324 g/mol. The quantitative estimate of drug-likeness (QED) is 0.931. The summed E-state index contributed by atoms with van der Waals surface area (Å²) in [5.74, 6) is 0.522. The number of carbonyl (C=O) groups excluding carboxylic acids is 1. The zero-order chi connectivity index (χ0) is 14.8. The van der Waals surface area contributed by atoms with E-state index in [0.29, 0.717) is 28.9 Å². The second kappa shape index (κ2) is 5.87. The van der Waals surface area contributed by atoms with E-state index in [-0.39, 0.29) is 5.91 Å². The fraction of sp³-hybridized carbons (Fsp3) is 0.308. The van der Waals surface area contributed by atoms with E-state index in [1.807, 2.05) is 29.2 Å². The molecule has 1 amide bonds. The van der Waals surface area contributed by atoms with Gasteiger partial charge in [0.1, 0.15) is 15.8 Å². The Hall–Kier alpha value is -1.86. The lowest BCUT2D eigenvalue weighted by molar-refractivity contribution is -0.127. The Kier molecular flexibility index (Phi) is 3.94. The number of nitrogens with zero attached hydrogens (tertiary/aromatic N) is 3. The summed E-state index contributed by atoms with van der Waals surface area (Å²) in [5.41, 5.74) is 1.62. The van der Waals surface area contributed by atoms with Gasteiger partial charge in [0.15, 0.2) is 6.10 Å². The van der Waals surface area contributed by atoms with Crippen LogP contribution >= 0.6 is 23.1 Å². The molecule has 2 aromatic rings. The van der Waals surface area contributed by atoms with Crippen molar-refractivity contribution in [2.24, 2.45) is 0 Å². The van der Waals surface area contributed by atoms with Crippen LogP contribution in [-0.4, -0.2) is 35.2 Å². The Bertz CT molecular complexity index is 663. The van der Waals surface area contributed by atoms with E-state index in [0.717, 1.165) is 17.2 Å². The molecule has 1 aliphatic rings. The maximum Gasteiger partial charge on any atom is 0.262 e. The summed E-state index contributed by atoms with van der Waals surface area (Å²) in [6, 6.07) is 7.60. The average molecular weight is 325 g/mol. The van der Waals surface area contributed by atoms with Crippen LogP contribution in [0.25, 0.3) is 0 Å². The standard InChI is InChI=1S/C13H13ClN4O2S/c1-15-13(19)11-7-18(6-8-12(14)21-17-16-8)9-4-2-3-5-10(9)20-11/h2-5,11H,6-7H2,1H3,(H,15,19)/t11-/m1/s1. The number of amides is 1.